The normalized spacial score (nSPS) is 46.9. The number of hydrogen-bond acceptors (Lipinski definition) is 2. The lowest BCUT2D eigenvalue weighted by Gasteiger charge is -2.28. The van der Waals surface area contributed by atoms with E-state index in [9.17, 15) is 4.79 Å². The van der Waals surface area contributed by atoms with E-state index in [1.807, 2.05) is 0 Å². The molecule has 1 heterocycles. The molecule has 6 atom stereocenters. The van der Waals surface area contributed by atoms with Crippen LogP contribution < -0.4 is 10.6 Å². The number of nitrogens with one attached hydrogen (secondary N) is 2. The number of carbonyl (C=O) groups excluding carboxylic acids is 1. The van der Waals surface area contributed by atoms with Gasteiger partial charge >= 0.3 is 0 Å². The molecule has 3 aliphatic carbocycles. The van der Waals surface area contributed by atoms with Gasteiger partial charge in [0.1, 0.15) is 0 Å². The van der Waals surface area contributed by atoms with Crippen LogP contribution in [-0.4, -0.2) is 25.0 Å². The topological polar surface area (TPSA) is 41.1 Å². The summed E-state index contributed by atoms with van der Waals surface area (Å²) in [5.74, 6) is 5.18. The molecule has 6 unspecified atom stereocenters. The molecule has 4 aliphatic rings. The Balaban J connectivity index is 1.25. The second-order valence-electron chi connectivity index (χ2n) is 7.87. The first kappa shape index (κ1) is 13.1. The lowest BCUT2D eigenvalue weighted by atomic mass is 9.85. The van der Waals surface area contributed by atoms with E-state index in [2.05, 4.69) is 17.6 Å². The maximum Gasteiger partial charge on any atom is 0.220 e. The number of amides is 1. The molecule has 2 N–H and O–H groups in total. The van der Waals surface area contributed by atoms with Gasteiger partial charge in [0.25, 0.3) is 0 Å². The maximum atomic E-state index is 12.3. The van der Waals surface area contributed by atoms with Gasteiger partial charge in [0.2, 0.25) is 5.91 Å². The maximum absolute atomic E-state index is 12.3. The van der Waals surface area contributed by atoms with Crippen molar-refractivity contribution in [2.75, 3.05) is 13.1 Å². The zero-order chi connectivity index (χ0) is 13.7. The first-order valence-electron chi connectivity index (χ1n) is 8.74. The molecule has 3 nitrogen and oxygen atoms in total. The van der Waals surface area contributed by atoms with E-state index in [1.165, 1.54) is 32.1 Å². The summed E-state index contributed by atoms with van der Waals surface area (Å²) in [5, 5.41) is 6.83. The highest BCUT2D eigenvalue weighted by molar-refractivity contribution is 5.77. The molecule has 112 valence electrons. The highest BCUT2D eigenvalue weighted by Gasteiger charge is 2.65. The fraction of sp³-hybridized carbons (Fsp3) is 0.941. The molecule has 2 bridgehead atoms. The van der Waals surface area contributed by atoms with Gasteiger partial charge in [-0.2, -0.15) is 0 Å². The van der Waals surface area contributed by atoms with Gasteiger partial charge in [-0.1, -0.05) is 6.92 Å². The summed E-state index contributed by atoms with van der Waals surface area (Å²) < 4.78 is 0. The van der Waals surface area contributed by atoms with Crippen molar-refractivity contribution in [3.05, 3.63) is 0 Å². The van der Waals surface area contributed by atoms with Crippen molar-refractivity contribution in [1.82, 2.24) is 10.6 Å². The summed E-state index contributed by atoms with van der Waals surface area (Å²) in [5.41, 5.74) is 0. The largest absolute Gasteiger partial charge is 0.353 e. The number of fused-ring (bicyclic) bond motifs is 5. The van der Waals surface area contributed by atoms with Crippen molar-refractivity contribution >= 4 is 5.91 Å². The van der Waals surface area contributed by atoms with E-state index >= 15 is 0 Å². The molecule has 0 aromatic heterocycles. The fourth-order valence-corrected chi connectivity index (χ4v) is 5.59. The highest BCUT2D eigenvalue weighted by atomic mass is 16.1. The number of rotatable bonds is 4. The summed E-state index contributed by atoms with van der Waals surface area (Å²) in [7, 11) is 0. The smallest absolute Gasteiger partial charge is 0.220 e. The zero-order valence-electron chi connectivity index (χ0n) is 12.6. The Labute approximate surface area is 122 Å². The van der Waals surface area contributed by atoms with Gasteiger partial charge in [0, 0.05) is 12.5 Å². The molecule has 1 saturated heterocycles. The summed E-state index contributed by atoms with van der Waals surface area (Å²) in [6.07, 6.45) is 7.63. The van der Waals surface area contributed by atoms with Crippen LogP contribution in [0.3, 0.4) is 0 Å². The van der Waals surface area contributed by atoms with Crippen molar-refractivity contribution in [3.8, 4) is 0 Å². The van der Waals surface area contributed by atoms with Gasteiger partial charge in [-0.25, -0.2) is 0 Å². The number of carbonyl (C=O) groups is 1. The Morgan fingerprint density at radius 3 is 2.65 bits per heavy atom. The van der Waals surface area contributed by atoms with Crippen LogP contribution >= 0.6 is 0 Å². The molecule has 4 fully saturated rings. The van der Waals surface area contributed by atoms with E-state index in [4.69, 9.17) is 0 Å². The van der Waals surface area contributed by atoms with Crippen LogP contribution in [-0.2, 0) is 4.79 Å². The first-order chi connectivity index (χ1) is 9.74. The Hall–Kier alpha value is -0.570. The van der Waals surface area contributed by atoms with Crippen molar-refractivity contribution in [3.63, 3.8) is 0 Å². The fourth-order valence-electron chi connectivity index (χ4n) is 5.59. The van der Waals surface area contributed by atoms with Crippen molar-refractivity contribution < 1.29 is 4.79 Å². The minimum Gasteiger partial charge on any atom is -0.353 e. The summed E-state index contributed by atoms with van der Waals surface area (Å²) in [6, 6.07) is 0.561. The molecular weight excluding hydrogens is 248 g/mol. The van der Waals surface area contributed by atoms with Crippen molar-refractivity contribution in [2.45, 2.75) is 51.5 Å². The molecule has 0 spiro atoms. The van der Waals surface area contributed by atoms with Gasteiger partial charge in [-0.3, -0.25) is 4.79 Å². The molecule has 3 heteroatoms. The van der Waals surface area contributed by atoms with Gasteiger partial charge in [-0.15, -0.1) is 0 Å². The SMILES string of the molecule is CC(CC(=O)NC1C2C3CCC(C3)C12)C1CCCNC1. The molecule has 0 radical (unpaired) electrons. The van der Waals surface area contributed by atoms with Crippen LogP contribution in [0.5, 0.6) is 0 Å². The summed E-state index contributed by atoms with van der Waals surface area (Å²) in [4.78, 5) is 12.3. The van der Waals surface area contributed by atoms with Gasteiger partial charge in [0.15, 0.2) is 0 Å². The number of hydrogen-bond donors (Lipinski definition) is 2. The molecule has 1 aliphatic heterocycles. The van der Waals surface area contributed by atoms with Crippen molar-refractivity contribution in [1.29, 1.82) is 0 Å². The first-order valence-corrected chi connectivity index (χ1v) is 8.74. The van der Waals surface area contributed by atoms with Crippen molar-refractivity contribution in [2.24, 2.45) is 35.5 Å². The monoisotopic (exact) mass is 276 g/mol. The van der Waals surface area contributed by atoms with Crippen LogP contribution in [0, 0.1) is 35.5 Å². The van der Waals surface area contributed by atoms with E-state index < -0.39 is 0 Å². The van der Waals surface area contributed by atoms with E-state index in [-0.39, 0.29) is 0 Å². The van der Waals surface area contributed by atoms with Crippen LogP contribution in [0.25, 0.3) is 0 Å². The molecule has 3 saturated carbocycles. The third-order valence-electron chi connectivity index (χ3n) is 6.71. The average molecular weight is 276 g/mol. The van der Waals surface area contributed by atoms with Crippen LogP contribution in [0.4, 0.5) is 0 Å². The third-order valence-corrected chi connectivity index (χ3v) is 6.71. The third kappa shape index (κ3) is 2.18. The Kier molecular flexibility index (Phi) is 3.29. The lowest BCUT2D eigenvalue weighted by molar-refractivity contribution is -0.122. The standard InChI is InChI=1S/C17H28N2O/c1-10(13-3-2-6-18-9-13)7-14(20)19-17-15-11-4-5-12(8-11)16(15)17/h10-13,15-18H,2-9H2,1H3,(H,19,20). The quantitative estimate of drug-likeness (QED) is 0.826. The lowest BCUT2D eigenvalue weighted by Crippen LogP contribution is -2.36. The Morgan fingerprint density at radius 1 is 1.25 bits per heavy atom. The zero-order valence-corrected chi connectivity index (χ0v) is 12.6. The molecule has 4 rings (SSSR count). The highest BCUT2D eigenvalue weighted by Crippen LogP contribution is 2.65. The van der Waals surface area contributed by atoms with E-state index in [1.54, 1.807) is 0 Å². The summed E-state index contributed by atoms with van der Waals surface area (Å²) in [6.45, 7) is 4.52. The van der Waals surface area contributed by atoms with Crippen LogP contribution in [0.2, 0.25) is 0 Å². The van der Waals surface area contributed by atoms with Gasteiger partial charge in [0.05, 0.1) is 0 Å². The molecule has 1 amide bonds. The predicted octanol–water partition coefficient (Wildman–Crippen LogP) is 2.17. The predicted molar refractivity (Wildman–Crippen MR) is 79.1 cm³/mol. The number of piperidine rings is 1. The Morgan fingerprint density at radius 2 is 2.00 bits per heavy atom. The molecule has 20 heavy (non-hydrogen) atoms. The van der Waals surface area contributed by atoms with E-state index in [0.29, 0.717) is 23.8 Å². The minimum absolute atomic E-state index is 0.321. The average Bonchev–Trinajstić information content (AvgIpc) is 2.85. The van der Waals surface area contributed by atoms with Gasteiger partial charge < -0.3 is 10.6 Å². The molecular formula is C17H28N2O. The molecule has 0 aromatic carbocycles. The minimum atomic E-state index is 0.321. The summed E-state index contributed by atoms with van der Waals surface area (Å²) >= 11 is 0. The van der Waals surface area contributed by atoms with E-state index in [0.717, 1.165) is 43.2 Å². The van der Waals surface area contributed by atoms with Crippen LogP contribution in [0.1, 0.15) is 45.4 Å². The van der Waals surface area contributed by atoms with Gasteiger partial charge in [-0.05, 0) is 80.7 Å². The van der Waals surface area contributed by atoms with Crippen LogP contribution in [0.15, 0.2) is 0 Å². The second-order valence-corrected chi connectivity index (χ2v) is 7.87. The Bertz CT molecular complexity index is 374. The second kappa shape index (κ2) is 5.01. The molecule has 0 aromatic rings.